The van der Waals surface area contributed by atoms with Crippen molar-refractivity contribution in [2.75, 3.05) is 0 Å². The first kappa shape index (κ1) is 14.3. The normalized spacial score (nSPS) is 10.7. The smallest absolute Gasteiger partial charge is 0.307 e. The van der Waals surface area contributed by atoms with Crippen LogP contribution in [0, 0.1) is 13.8 Å². The Balaban J connectivity index is 1.83. The molecule has 0 aliphatic heterocycles. The third kappa shape index (κ3) is 3.93. The zero-order valence-electron chi connectivity index (χ0n) is 11.6. The van der Waals surface area contributed by atoms with Gasteiger partial charge in [0.2, 0.25) is 5.89 Å². The second-order valence-corrected chi connectivity index (χ2v) is 4.74. The first-order chi connectivity index (χ1) is 9.54. The average Bonchev–Trinajstić information content (AvgIpc) is 2.70. The van der Waals surface area contributed by atoms with Crippen LogP contribution in [0.3, 0.4) is 0 Å². The Kier molecular flexibility index (Phi) is 4.53. The van der Waals surface area contributed by atoms with Gasteiger partial charge in [0, 0.05) is 6.54 Å². The number of carboxylic acids is 1. The summed E-state index contributed by atoms with van der Waals surface area (Å²) in [4.78, 5) is 14.9. The van der Waals surface area contributed by atoms with Gasteiger partial charge in [-0.3, -0.25) is 4.79 Å². The third-order valence-electron chi connectivity index (χ3n) is 3.06. The molecule has 1 heterocycles. The van der Waals surface area contributed by atoms with Crippen LogP contribution in [0.5, 0.6) is 0 Å². The van der Waals surface area contributed by atoms with Gasteiger partial charge in [0.1, 0.15) is 5.76 Å². The standard InChI is InChI=1S/C15H18N2O3/c1-10-11(2)20-14(17-10)9-16-8-13-5-3-12(4-6-13)7-15(18)19/h3-6,16H,7-9H2,1-2H3,(H,18,19). The lowest BCUT2D eigenvalue weighted by molar-refractivity contribution is -0.136. The highest BCUT2D eigenvalue weighted by molar-refractivity contribution is 5.70. The molecule has 0 saturated carbocycles. The fourth-order valence-corrected chi connectivity index (χ4v) is 1.88. The Bertz CT molecular complexity index is 568. The summed E-state index contributed by atoms with van der Waals surface area (Å²) in [7, 11) is 0. The minimum atomic E-state index is -0.814. The van der Waals surface area contributed by atoms with Crippen LogP contribution in [0.15, 0.2) is 28.7 Å². The lowest BCUT2D eigenvalue weighted by Gasteiger charge is -2.04. The number of oxazole rings is 1. The summed E-state index contributed by atoms with van der Waals surface area (Å²) < 4.78 is 5.48. The van der Waals surface area contributed by atoms with Gasteiger partial charge in [0.15, 0.2) is 0 Å². The van der Waals surface area contributed by atoms with Crippen molar-refractivity contribution in [3.8, 4) is 0 Å². The largest absolute Gasteiger partial charge is 0.481 e. The molecule has 0 unspecified atom stereocenters. The first-order valence-corrected chi connectivity index (χ1v) is 6.48. The van der Waals surface area contributed by atoms with E-state index in [-0.39, 0.29) is 6.42 Å². The van der Waals surface area contributed by atoms with E-state index in [2.05, 4.69) is 10.3 Å². The lowest BCUT2D eigenvalue weighted by Crippen LogP contribution is -2.13. The lowest BCUT2D eigenvalue weighted by atomic mass is 10.1. The number of nitrogens with one attached hydrogen (secondary N) is 1. The molecule has 5 nitrogen and oxygen atoms in total. The predicted molar refractivity (Wildman–Crippen MR) is 74.3 cm³/mol. The van der Waals surface area contributed by atoms with E-state index in [1.54, 1.807) is 0 Å². The topological polar surface area (TPSA) is 75.4 Å². The van der Waals surface area contributed by atoms with E-state index in [1.807, 2.05) is 38.1 Å². The third-order valence-corrected chi connectivity index (χ3v) is 3.06. The highest BCUT2D eigenvalue weighted by Crippen LogP contribution is 2.09. The van der Waals surface area contributed by atoms with Gasteiger partial charge >= 0.3 is 5.97 Å². The summed E-state index contributed by atoms with van der Waals surface area (Å²) in [6, 6.07) is 7.53. The van der Waals surface area contributed by atoms with Crippen molar-refractivity contribution in [3.63, 3.8) is 0 Å². The van der Waals surface area contributed by atoms with Gasteiger partial charge in [-0.05, 0) is 25.0 Å². The van der Waals surface area contributed by atoms with Crippen LogP contribution in [0.25, 0.3) is 0 Å². The van der Waals surface area contributed by atoms with Gasteiger partial charge in [-0.15, -0.1) is 0 Å². The van der Waals surface area contributed by atoms with Crippen molar-refractivity contribution in [2.45, 2.75) is 33.4 Å². The van der Waals surface area contributed by atoms with Crippen LogP contribution >= 0.6 is 0 Å². The second kappa shape index (κ2) is 6.34. The Morgan fingerprint density at radius 2 is 1.85 bits per heavy atom. The maximum absolute atomic E-state index is 10.6. The predicted octanol–water partition coefficient (Wildman–Crippen LogP) is 2.21. The molecule has 0 radical (unpaired) electrons. The van der Waals surface area contributed by atoms with Gasteiger partial charge in [0.25, 0.3) is 0 Å². The molecule has 1 aromatic carbocycles. The van der Waals surface area contributed by atoms with Crippen LogP contribution < -0.4 is 5.32 Å². The molecule has 0 aliphatic carbocycles. The van der Waals surface area contributed by atoms with Crippen molar-refractivity contribution in [3.05, 3.63) is 52.7 Å². The number of carboxylic acid groups (broad SMARTS) is 1. The molecule has 0 bridgehead atoms. The summed E-state index contributed by atoms with van der Waals surface area (Å²) in [5.41, 5.74) is 2.82. The van der Waals surface area contributed by atoms with Crippen molar-refractivity contribution in [1.82, 2.24) is 10.3 Å². The Morgan fingerprint density at radius 3 is 2.40 bits per heavy atom. The summed E-state index contributed by atoms with van der Waals surface area (Å²) in [5.74, 6) is 0.716. The maximum atomic E-state index is 10.6. The summed E-state index contributed by atoms with van der Waals surface area (Å²) in [6.07, 6.45) is 0.0581. The number of nitrogens with zero attached hydrogens (tertiary/aromatic N) is 1. The van der Waals surface area contributed by atoms with Crippen molar-refractivity contribution in [2.24, 2.45) is 0 Å². The molecule has 2 N–H and O–H groups in total. The van der Waals surface area contributed by atoms with Gasteiger partial charge in [-0.2, -0.15) is 0 Å². The first-order valence-electron chi connectivity index (χ1n) is 6.48. The summed E-state index contributed by atoms with van der Waals surface area (Å²) >= 11 is 0. The number of aryl methyl sites for hydroxylation is 2. The van der Waals surface area contributed by atoms with Gasteiger partial charge in [0.05, 0.1) is 18.7 Å². The minimum absolute atomic E-state index is 0.0581. The van der Waals surface area contributed by atoms with E-state index >= 15 is 0 Å². The number of rotatable bonds is 6. The molecular weight excluding hydrogens is 256 g/mol. The van der Waals surface area contributed by atoms with Crippen LogP contribution in [0.4, 0.5) is 0 Å². The maximum Gasteiger partial charge on any atom is 0.307 e. The fourth-order valence-electron chi connectivity index (χ4n) is 1.88. The SMILES string of the molecule is Cc1nc(CNCc2ccc(CC(=O)O)cc2)oc1C. The van der Waals surface area contributed by atoms with Crippen molar-refractivity contribution in [1.29, 1.82) is 0 Å². The van der Waals surface area contributed by atoms with E-state index in [0.717, 1.165) is 22.6 Å². The van der Waals surface area contributed by atoms with E-state index in [1.165, 1.54) is 0 Å². The van der Waals surface area contributed by atoms with Gasteiger partial charge in [-0.1, -0.05) is 24.3 Å². The Hall–Kier alpha value is -2.14. The van der Waals surface area contributed by atoms with Crippen LogP contribution in [-0.4, -0.2) is 16.1 Å². The fraction of sp³-hybridized carbons (Fsp3) is 0.333. The molecule has 0 fully saturated rings. The van der Waals surface area contributed by atoms with Crippen LogP contribution in [-0.2, 0) is 24.3 Å². The highest BCUT2D eigenvalue weighted by Gasteiger charge is 2.05. The molecule has 0 atom stereocenters. The molecule has 0 amide bonds. The molecule has 106 valence electrons. The zero-order valence-corrected chi connectivity index (χ0v) is 11.6. The summed E-state index contributed by atoms with van der Waals surface area (Å²) in [5, 5.41) is 11.9. The molecule has 2 rings (SSSR count). The molecule has 0 aliphatic rings. The number of carbonyl (C=O) groups is 1. The number of hydrogen-bond acceptors (Lipinski definition) is 4. The van der Waals surface area contributed by atoms with Gasteiger partial charge < -0.3 is 14.8 Å². The van der Waals surface area contributed by atoms with Gasteiger partial charge in [-0.25, -0.2) is 4.98 Å². The minimum Gasteiger partial charge on any atom is -0.481 e. The Morgan fingerprint density at radius 1 is 1.20 bits per heavy atom. The van der Waals surface area contributed by atoms with E-state index in [9.17, 15) is 4.79 Å². The molecule has 5 heteroatoms. The van der Waals surface area contributed by atoms with E-state index in [4.69, 9.17) is 9.52 Å². The van der Waals surface area contributed by atoms with Crippen LogP contribution in [0.2, 0.25) is 0 Å². The second-order valence-electron chi connectivity index (χ2n) is 4.74. The molecule has 0 saturated heterocycles. The van der Waals surface area contributed by atoms with Crippen LogP contribution in [0.1, 0.15) is 28.5 Å². The molecular formula is C15H18N2O3. The van der Waals surface area contributed by atoms with Crippen molar-refractivity contribution >= 4 is 5.97 Å². The Labute approximate surface area is 117 Å². The number of aliphatic carboxylic acids is 1. The monoisotopic (exact) mass is 274 g/mol. The molecule has 2 aromatic rings. The van der Waals surface area contributed by atoms with Crippen molar-refractivity contribution < 1.29 is 14.3 Å². The number of aromatic nitrogens is 1. The van der Waals surface area contributed by atoms with E-state index < -0.39 is 5.97 Å². The average molecular weight is 274 g/mol. The number of benzene rings is 1. The quantitative estimate of drug-likeness (QED) is 0.844. The molecule has 1 aromatic heterocycles. The number of hydrogen-bond donors (Lipinski definition) is 2. The van der Waals surface area contributed by atoms with E-state index in [0.29, 0.717) is 19.0 Å². The molecule has 20 heavy (non-hydrogen) atoms. The highest BCUT2D eigenvalue weighted by atomic mass is 16.4. The molecule has 0 spiro atoms. The summed E-state index contributed by atoms with van der Waals surface area (Å²) in [6.45, 7) is 5.08. The zero-order chi connectivity index (χ0) is 14.5.